The van der Waals surface area contributed by atoms with E-state index in [9.17, 15) is 5.21 Å². The Morgan fingerprint density at radius 2 is 2.09 bits per heavy atom. The Bertz CT molecular complexity index is 251. The molecule has 11 heavy (non-hydrogen) atoms. The predicted octanol–water partition coefficient (Wildman–Crippen LogP) is 1.31. The quantitative estimate of drug-likeness (QED) is 0.569. The highest BCUT2D eigenvalue weighted by molar-refractivity contribution is 5.26. The third-order valence-electron chi connectivity index (χ3n) is 2.36. The van der Waals surface area contributed by atoms with E-state index in [1.54, 1.807) is 0 Å². The predicted molar refractivity (Wildman–Crippen MR) is 40.8 cm³/mol. The Morgan fingerprint density at radius 1 is 1.36 bits per heavy atom. The summed E-state index contributed by atoms with van der Waals surface area (Å²) in [7, 11) is 0. The van der Waals surface area contributed by atoms with Crippen LogP contribution in [-0.4, -0.2) is 15.2 Å². The Kier molecular flexibility index (Phi) is 1.37. The molecule has 0 aliphatic heterocycles. The van der Waals surface area contributed by atoms with Crippen molar-refractivity contribution in [3.05, 3.63) is 17.0 Å². The maximum atomic E-state index is 9.28. The molecule has 0 saturated heterocycles. The van der Waals surface area contributed by atoms with E-state index in [0.717, 1.165) is 29.1 Å². The molecule has 0 saturated carbocycles. The molecule has 0 atom stereocenters. The van der Waals surface area contributed by atoms with E-state index in [1.807, 2.05) is 6.92 Å². The molecule has 0 amide bonds. The van der Waals surface area contributed by atoms with E-state index in [1.165, 1.54) is 18.4 Å². The zero-order valence-electron chi connectivity index (χ0n) is 6.67. The highest BCUT2D eigenvalue weighted by Gasteiger charge is 2.17. The van der Waals surface area contributed by atoms with Gasteiger partial charge in [0.2, 0.25) is 0 Å². The van der Waals surface area contributed by atoms with Crippen molar-refractivity contribution in [2.45, 2.75) is 32.6 Å². The standard InChI is InChI=1S/C8H12N2O/c1-6-7-4-2-3-5-8(7)10(11)9-6/h11H,2-5H2,1H3. The van der Waals surface area contributed by atoms with Gasteiger partial charge in [-0.25, -0.2) is 0 Å². The van der Waals surface area contributed by atoms with E-state index in [-0.39, 0.29) is 0 Å². The third-order valence-corrected chi connectivity index (χ3v) is 2.36. The minimum Gasteiger partial charge on any atom is -0.411 e. The van der Waals surface area contributed by atoms with Gasteiger partial charge in [0.05, 0.1) is 11.4 Å². The zero-order valence-corrected chi connectivity index (χ0v) is 6.67. The summed E-state index contributed by atoms with van der Waals surface area (Å²) in [5, 5.41) is 13.2. The molecule has 0 fully saturated rings. The van der Waals surface area contributed by atoms with Crippen molar-refractivity contribution in [2.24, 2.45) is 0 Å². The molecule has 60 valence electrons. The second kappa shape index (κ2) is 2.26. The van der Waals surface area contributed by atoms with Crippen LogP contribution < -0.4 is 0 Å². The topological polar surface area (TPSA) is 38.0 Å². The van der Waals surface area contributed by atoms with Crippen molar-refractivity contribution in [1.82, 2.24) is 9.94 Å². The third kappa shape index (κ3) is 0.914. The minimum absolute atomic E-state index is 0.979. The van der Waals surface area contributed by atoms with Gasteiger partial charge in [-0.15, -0.1) is 9.94 Å². The number of aromatic nitrogens is 2. The Labute approximate surface area is 65.6 Å². The fraction of sp³-hybridized carbons (Fsp3) is 0.625. The molecule has 0 spiro atoms. The first-order valence-electron chi connectivity index (χ1n) is 4.05. The van der Waals surface area contributed by atoms with Crippen molar-refractivity contribution >= 4 is 0 Å². The number of hydrogen-bond acceptors (Lipinski definition) is 2. The van der Waals surface area contributed by atoms with E-state index >= 15 is 0 Å². The maximum absolute atomic E-state index is 9.28. The van der Waals surface area contributed by atoms with E-state index in [4.69, 9.17) is 0 Å². The largest absolute Gasteiger partial charge is 0.411 e. The van der Waals surface area contributed by atoms with E-state index in [2.05, 4.69) is 5.10 Å². The summed E-state index contributed by atoms with van der Waals surface area (Å²) in [5.74, 6) is 0. The SMILES string of the molecule is Cc1nn(O)c2c1CCCC2. The normalized spacial score (nSPS) is 16.5. The second-order valence-corrected chi connectivity index (χ2v) is 3.11. The van der Waals surface area contributed by atoms with Crippen LogP contribution in [0.1, 0.15) is 29.8 Å². The van der Waals surface area contributed by atoms with Crippen LogP contribution in [0.4, 0.5) is 0 Å². The molecule has 1 N–H and O–H groups in total. The summed E-state index contributed by atoms with van der Waals surface area (Å²) < 4.78 is 0. The second-order valence-electron chi connectivity index (χ2n) is 3.11. The highest BCUT2D eigenvalue weighted by atomic mass is 16.5. The smallest absolute Gasteiger partial charge is 0.0833 e. The van der Waals surface area contributed by atoms with Gasteiger partial charge >= 0.3 is 0 Å². The average Bonchev–Trinajstić information content (AvgIpc) is 2.30. The van der Waals surface area contributed by atoms with Gasteiger partial charge in [0, 0.05) is 5.56 Å². The molecule has 1 aliphatic rings. The van der Waals surface area contributed by atoms with Gasteiger partial charge in [-0.05, 0) is 32.6 Å². The summed E-state index contributed by atoms with van der Waals surface area (Å²) in [6.07, 6.45) is 4.48. The fourth-order valence-electron chi connectivity index (χ4n) is 1.76. The Morgan fingerprint density at radius 3 is 2.82 bits per heavy atom. The van der Waals surface area contributed by atoms with Crippen molar-refractivity contribution in [3.8, 4) is 0 Å². The molecule has 1 aromatic rings. The lowest BCUT2D eigenvalue weighted by molar-refractivity contribution is 0.137. The van der Waals surface area contributed by atoms with Crippen molar-refractivity contribution in [3.63, 3.8) is 0 Å². The molecule has 3 nitrogen and oxygen atoms in total. The zero-order chi connectivity index (χ0) is 7.84. The molecule has 3 heteroatoms. The van der Waals surface area contributed by atoms with Gasteiger partial charge in [-0.3, -0.25) is 0 Å². The summed E-state index contributed by atoms with van der Waals surface area (Å²) >= 11 is 0. The summed E-state index contributed by atoms with van der Waals surface area (Å²) in [5.41, 5.74) is 3.27. The molecular formula is C8H12N2O. The molecule has 0 bridgehead atoms. The van der Waals surface area contributed by atoms with Crippen LogP contribution in [0.3, 0.4) is 0 Å². The van der Waals surface area contributed by atoms with Crippen LogP contribution in [0.25, 0.3) is 0 Å². The lowest BCUT2D eigenvalue weighted by Crippen LogP contribution is -2.06. The van der Waals surface area contributed by atoms with Crippen molar-refractivity contribution in [1.29, 1.82) is 0 Å². The number of nitrogens with zero attached hydrogens (tertiary/aromatic N) is 2. The van der Waals surface area contributed by atoms with E-state index < -0.39 is 0 Å². The Balaban J connectivity index is 2.52. The first-order chi connectivity index (χ1) is 5.29. The number of rotatable bonds is 0. The molecule has 1 aromatic heterocycles. The number of hydrogen-bond donors (Lipinski definition) is 1. The van der Waals surface area contributed by atoms with Crippen LogP contribution in [0.5, 0.6) is 0 Å². The van der Waals surface area contributed by atoms with Gasteiger partial charge in [-0.2, -0.15) is 0 Å². The summed E-state index contributed by atoms with van der Waals surface area (Å²) in [6, 6.07) is 0. The number of fused-ring (bicyclic) bond motifs is 1. The molecular weight excluding hydrogens is 140 g/mol. The monoisotopic (exact) mass is 152 g/mol. The fourth-order valence-corrected chi connectivity index (χ4v) is 1.76. The first-order valence-corrected chi connectivity index (χ1v) is 4.05. The van der Waals surface area contributed by atoms with Gasteiger partial charge in [0.1, 0.15) is 0 Å². The molecule has 0 unspecified atom stereocenters. The molecule has 1 heterocycles. The lowest BCUT2D eigenvalue weighted by Gasteiger charge is -2.10. The first kappa shape index (κ1) is 6.70. The minimum atomic E-state index is 0.979. The Hall–Kier alpha value is -0.990. The molecule has 0 aromatic carbocycles. The van der Waals surface area contributed by atoms with Gasteiger partial charge in [0.25, 0.3) is 0 Å². The number of aryl methyl sites for hydroxylation is 1. The van der Waals surface area contributed by atoms with Crippen LogP contribution in [0.2, 0.25) is 0 Å². The maximum Gasteiger partial charge on any atom is 0.0833 e. The van der Waals surface area contributed by atoms with Crippen LogP contribution in [0.15, 0.2) is 0 Å². The molecule has 0 radical (unpaired) electrons. The average molecular weight is 152 g/mol. The summed E-state index contributed by atoms with van der Waals surface area (Å²) in [4.78, 5) is 1.05. The molecule has 2 rings (SSSR count). The van der Waals surface area contributed by atoms with Crippen molar-refractivity contribution in [2.75, 3.05) is 0 Å². The van der Waals surface area contributed by atoms with Gasteiger partial charge in [-0.1, -0.05) is 0 Å². The van der Waals surface area contributed by atoms with E-state index in [0.29, 0.717) is 0 Å². The highest BCUT2D eigenvalue weighted by Crippen LogP contribution is 2.22. The van der Waals surface area contributed by atoms with Crippen LogP contribution >= 0.6 is 0 Å². The van der Waals surface area contributed by atoms with Crippen molar-refractivity contribution < 1.29 is 5.21 Å². The van der Waals surface area contributed by atoms with Gasteiger partial charge in [0.15, 0.2) is 0 Å². The molecule has 1 aliphatic carbocycles. The van der Waals surface area contributed by atoms with Crippen LogP contribution in [0, 0.1) is 6.92 Å². The van der Waals surface area contributed by atoms with Gasteiger partial charge < -0.3 is 5.21 Å². The summed E-state index contributed by atoms with van der Waals surface area (Å²) in [6.45, 7) is 1.96. The van der Waals surface area contributed by atoms with Crippen LogP contribution in [-0.2, 0) is 12.8 Å². The lowest BCUT2D eigenvalue weighted by atomic mass is 9.96.